The molecule has 25 nitrogen and oxygen atoms in total. The number of amides is 3. The molecule has 0 saturated carbocycles. The van der Waals surface area contributed by atoms with Crippen molar-refractivity contribution in [2.45, 2.75) is 97.1 Å². The minimum Gasteiger partial charge on any atom is -0.507 e. The number of nitrogens with one attached hydrogen (secondary N) is 2. The van der Waals surface area contributed by atoms with Crippen LogP contribution in [0.15, 0.2) is 108 Å². The van der Waals surface area contributed by atoms with Gasteiger partial charge in [-0.05, 0) is 159 Å². The van der Waals surface area contributed by atoms with Gasteiger partial charge in [0.15, 0.2) is 39.3 Å². The molecule has 12 heterocycles. The zero-order valence-corrected chi connectivity index (χ0v) is 58.9. The zero-order valence-electron chi connectivity index (χ0n) is 53.4. The van der Waals surface area contributed by atoms with Crippen molar-refractivity contribution in [1.82, 2.24) is 43.4 Å². The summed E-state index contributed by atoms with van der Waals surface area (Å²) in [5, 5.41) is 27.0. The van der Waals surface area contributed by atoms with Crippen molar-refractivity contribution in [2.75, 3.05) is 111 Å². The number of guanidine groups is 3. The molecule has 2 saturated heterocycles. The maximum absolute atomic E-state index is 13.6. The lowest BCUT2D eigenvalue weighted by atomic mass is 10.1. The number of ether oxygens (including phenoxy) is 3. The number of aromatic nitrogens is 6. The molecule has 3 amide bonds. The highest BCUT2D eigenvalue weighted by molar-refractivity contribution is 9.11. The third-order valence-corrected chi connectivity index (χ3v) is 20.6. The van der Waals surface area contributed by atoms with Crippen LogP contribution in [0.4, 0.5) is 29.4 Å². The fraction of sp³-hybridized carbons (Fsp3) is 0.418. The van der Waals surface area contributed by atoms with E-state index in [1.165, 1.54) is 11.1 Å². The number of phenols is 2. The molecule has 502 valence electrons. The van der Waals surface area contributed by atoms with E-state index >= 15 is 0 Å². The Morgan fingerprint density at radius 1 is 0.562 bits per heavy atom. The van der Waals surface area contributed by atoms with Gasteiger partial charge < -0.3 is 39.6 Å². The third kappa shape index (κ3) is 12.6. The molecule has 0 aliphatic carbocycles. The van der Waals surface area contributed by atoms with Crippen LogP contribution in [-0.4, -0.2) is 193 Å². The Labute approximate surface area is 585 Å². The maximum Gasteiger partial charge on any atom is 0.281 e. The minimum atomic E-state index is -0.105. The third-order valence-electron chi connectivity index (χ3n) is 18.4. The fourth-order valence-electron chi connectivity index (χ4n) is 13.7. The molecule has 2 fully saturated rings. The van der Waals surface area contributed by atoms with Crippen molar-refractivity contribution in [3.8, 4) is 17.2 Å². The van der Waals surface area contributed by atoms with Gasteiger partial charge in [0.05, 0.1) is 65.9 Å². The predicted molar refractivity (Wildman–Crippen MR) is 377 cm³/mol. The van der Waals surface area contributed by atoms with Crippen molar-refractivity contribution in [2.24, 2.45) is 15.0 Å². The molecule has 0 bridgehead atoms. The Bertz CT molecular complexity index is 4090. The van der Waals surface area contributed by atoms with Gasteiger partial charge in [0.1, 0.15) is 17.2 Å². The number of fused-ring (bicyclic) bond motifs is 10. The maximum atomic E-state index is 13.6. The highest BCUT2D eigenvalue weighted by Crippen LogP contribution is 2.41. The summed E-state index contributed by atoms with van der Waals surface area (Å²) < 4.78 is 24.8. The van der Waals surface area contributed by atoms with E-state index in [4.69, 9.17) is 45.8 Å². The molecule has 4 N–H and O–H groups in total. The van der Waals surface area contributed by atoms with E-state index in [1.54, 1.807) is 39.0 Å². The van der Waals surface area contributed by atoms with Crippen molar-refractivity contribution in [3.05, 3.63) is 142 Å². The number of carbonyl (C=O) groups is 3. The Morgan fingerprint density at radius 2 is 1.07 bits per heavy atom. The van der Waals surface area contributed by atoms with Gasteiger partial charge in [-0.2, -0.15) is 9.97 Å². The second-order valence-corrected chi connectivity index (χ2v) is 27.3. The fourth-order valence-corrected chi connectivity index (χ4v) is 15.4. The Hall–Kier alpha value is -8.02. The van der Waals surface area contributed by atoms with Gasteiger partial charge in [-0.25, -0.2) is 9.98 Å². The van der Waals surface area contributed by atoms with Crippen LogP contribution in [-0.2, 0) is 41.9 Å². The van der Waals surface area contributed by atoms with Gasteiger partial charge >= 0.3 is 0 Å². The van der Waals surface area contributed by atoms with Gasteiger partial charge in [-0.1, -0.05) is 60.1 Å². The summed E-state index contributed by atoms with van der Waals surface area (Å²) in [5.74, 6) is 6.28. The van der Waals surface area contributed by atoms with Crippen LogP contribution in [0.3, 0.4) is 0 Å². The average molecular weight is 1520 g/mol. The molecule has 0 radical (unpaired) electrons. The molecule has 4 aromatic carbocycles. The number of nitrogens with zero attached hydrogens (tertiary/aromatic N) is 15. The van der Waals surface area contributed by atoms with Crippen LogP contribution in [0.2, 0.25) is 5.02 Å². The SMILES string of the molecule is CCN1C(=O)c2c(nc(Br)n2Cc2cc(Br)c3c(c2)CCO3)N2C[C@@H](Cc3ccccc3)N=C12.CCN1C(=O)c2c(nc(NC3CCOCC3)n2Cc2ccc(O)c(Br)c2)N2CCN=C12.CCN1C(=O)c2c(nc(NC3CCOCC3)n2Cc2ccc(O)c(Cl)c2)N2CCN=C12. The summed E-state index contributed by atoms with van der Waals surface area (Å²) >= 11 is 16.8. The number of rotatable bonds is 15. The van der Waals surface area contributed by atoms with Gasteiger partial charge in [0.2, 0.25) is 29.8 Å². The molecule has 96 heavy (non-hydrogen) atoms. The summed E-state index contributed by atoms with van der Waals surface area (Å²) in [6, 6.07) is 25.6. The van der Waals surface area contributed by atoms with Gasteiger partial charge in [-0.3, -0.25) is 62.9 Å². The van der Waals surface area contributed by atoms with Crippen LogP contribution < -0.4 is 30.1 Å². The number of hydrogen-bond acceptors (Lipinski definition) is 19. The van der Waals surface area contributed by atoms with Crippen molar-refractivity contribution < 1.29 is 38.8 Å². The van der Waals surface area contributed by atoms with E-state index < -0.39 is 0 Å². The largest absolute Gasteiger partial charge is 0.507 e. The Kier molecular flexibility index (Phi) is 18.9. The number of aromatic hydroxyl groups is 2. The predicted octanol–water partition coefficient (Wildman–Crippen LogP) is 9.83. The molecule has 1 atom stereocenters. The minimum absolute atomic E-state index is 0.0322. The van der Waals surface area contributed by atoms with Crippen LogP contribution >= 0.6 is 59.4 Å². The van der Waals surface area contributed by atoms with Gasteiger partial charge in [-0.15, -0.1) is 0 Å². The van der Waals surface area contributed by atoms with Crippen LogP contribution in [0.1, 0.15) is 106 Å². The number of aliphatic imine (C=N–C) groups is 3. The van der Waals surface area contributed by atoms with E-state index in [2.05, 4.69) is 97.6 Å². The summed E-state index contributed by atoms with van der Waals surface area (Å²) in [6.07, 6.45) is 5.28. The first-order valence-corrected chi connectivity index (χ1v) is 35.5. The smallest absolute Gasteiger partial charge is 0.281 e. The molecule has 16 rings (SSSR count). The molecule has 9 aliphatic rings. The number of halogens is 4. The number of phenolic OH excluding ortho intramolecular Hbond substituents is 2. The lowest BCUT2D eigenvalue weighted by Crippen LogP contribution is -2.50. The topological polar surface area (TPSA) is 253 Å². The van der Waals surface area contributed by atoms with Crippen LogP contribution in [0.5, 0.6) is 17.2 Å². The van der Waals surface area contributed by atoms with E-state index in [9.17, 15) is 24.6 Å². The van der Waals surface area contributed by atoms with Crippen LogP contribution in [0.25, 0.3) is 0 Å². The number of benzene rings is 4. The average Bonchev–Trinajstić information content (AvgIpc) is 1.59. The molecule has 9 aliphatic heterocycles. The highest BCUT2D eigenvalue weighted by atomic mass is 79.9. The van der Waals surface area contributed by atoms with Crippen LogP contribution in [0, 0.1) is 0 Å². The second-order valence-electron chi connectivity index (χ2n) is 24.5. The standard InChI is InChI=1S/C25H23Br2N5O2.C21H25BrN6O3.C21H25ClN6O3/c1-2-30-23(33)20-22(32-14-18(28-25(30)32)11-15-6-4-3-5-7-15)29-24(27)31(20)13-16-10-17-8-9-34-21(17)19(26)12-16;2*1-2-26-19(30)17-18(27-8-7-23-21(26)27)25-20(24-14-5-9-31-10-6-14)28(17)12-13-3-4-16(29)15(22)11-13/h3-7,10,12,18H,2,8-9,11,13-14H2,1H3;2*3-4,11,14,29H,2,5-10,12H2,1H3,(H,24,25)/t18-;;/m1../s1. The molecule has 29 heteroatoms. The van der Waals surface area contributed by atoms with Gasteiger partial charge in [0, 0.05) is 77.7 Å². The van der Waals surface area contributed by atoms with E-state index in [0.29, 0.717) is 179 Å². The van der Waals surface area contributed by atoms with Crippen molar-refractivity contribution in [3.63, 3.8) is 0 Å². The first kappa shape index (κ1) is 65.3. The van der Waals surface area contributed by atoms with Gasteiger partial charge in [0.25, 0.3) is 17.7 Å². The summed E-state index contributed by atoms with van der Waals surface area (Å²) in [4.78, 5) is 80.5. The first-order valence-electron chi connectivity index (χ1n) is 32.7. The molecular formula is C67H73Br3ClN17O8. The molecule has 7 aromatic rings. The normalized spacial score (nSPS) is 18.7. The summed E-state index contributed by atoms with van der Waals surface area (Å²) in [6.45, 7) is 15.9. The molecule has 0 unspecified atom stereocenters. The number of imidazole rings is 3. The monoisotopic (exact) mass is 1520 g/mol. The lowest BCUT2D eigenvalue weighted by Gasteiger charge is -2.33. The quantitative estimate of drug-likeness (QED) is 0.0745. The van der Waals surface area contributed by atoms with Crippen molar-refractivity contribution >= 4 is 124 Å². The summed E-state index contributed by atoms with van der Waals surface area (Å²) in [7, 11) is 0. The van der Waals surface area contributed by atoms with Crippen molar-refractivity contribution in [1.29, 1.82) is 0 Å². The van der Waals surface area contributed by atoms with E-state index in [0.717, 1.165) is 65.4 Å². The molecular weight excluding hydrogens is 1450 g/mol. The summed E-state index contributed by atoms with van der Waals surface area (Å²) in [5.41, 5.74) is 7.06. The zero-order chi connectivity index (χ0) is 66.5. The molecule has 3 aromatic heterocycles. The Morgan fingerprint density at radius 3 is 1.62 bits per heavy atom. The highest BCUT2D eigenvalue weighted by Gasteiger charge is 2.46. The van der Waals surface area contributed by atoms with E-state index in [1.807, 2.05) is 74.6 Å². The second kappa shape index (κ2) is 27.8. The number of anilines is 5. The number of carbonyl (C=O) groups excluding carboxylic acids is 3. The molecule has 0 spiro atoms. The lowest BCUT2D eigenvalue weighted by molar-refractivity contribution is 0.0827. The Balaban J connectivity index is 0.000000124. The number of hydrogen-bond donors (Lipinski definition) is 4. The first-order chi connectivity index (χ1) is 46.7. The van der Waals surface area contributed by atoms with E-state index in [-0.39, 0.29) is 52.4 Å².